The van der Waals surface area contributed by atoms with E-state index in [2.05, 4.69) is 36.5 Å². The molecule has 0 fully saturated rings. The molecule has 0 amide bonds. The SMILES string of the molecule is CNc1nc(C)cc(Nc2ccc(Br)cc2)n1. The van der Waals surface area contributed by atoms with E-state index < -0.39 is 0 Å². The molecule has 1 aromatic heterocycles. The van der Waals surface area contributed by atoms with Crippen LogP contribution in [-0.4, -0.2) is 17.0 Å². The summed E-state index contributed by atoms with van der Waals surface area (Å²) in [5.41, 5.74) is 1.91. The minimum absolute atomic E-state index is 0.615. The van der Waals surface area contributed by atoms with E-state index >= 15 is 0 Å². The quantitative estimate of drug-likeness (QED) is 0.911. The van der Waals surface area contributed by atoms with Crippen LogP contribution in [0.25, 0.3) is 0 Å². The fourth-order valence-corrected chi connectivity index (χ4v) is 1.69. The first-order valence-corrected chi connectivity index (χ1v) is 6.03. The third-order valence-corrected chi connectivity index (χ3v) is 2.72. The summed E-state index contributed by atoms with van der Waals surface area (Å²) in [4.78, 5) is 8.56. The smallest absolute Gasteiger partial charge is 0.224 e. The molecule has 2 rings (SSSR count). The first-order valence-electron chi connectivity index (χ1n) is 5.23. The Kier molecular flexibility index (Phi) is 3.58. The second-order valence-electron chi connectivity index (χ2n) is 3.60. The molecule has 5 heteroatoms. The molecule has 0 saturated heterocycles. The van der Waals surface area contributed by atoms with Gasteiger partial charge in [-0.25, -0.2) is 4.98 Å². The molecule has 88 valence electrons. The second kappa shape index (κ2) is 5.14. The van der Waals surface area contributed by atoms with Gasteiger partial charge in [0.2, 0.25) is 5.95 Å². The Balaban J connectivity index is 2.23. The van der Waals surface area contributed by atoms with Gasteiger partial charge < -0.3 is 10.6 Å². The number of nitrogens with zero attached hydrogens (tertiary/aromatic N) is 2. The molecule has 0 aliphatic carbocycles. The molecule has 1 aromatic carbocycles. The number of nitrogens with one attached hydrogen (secondary N) is 2. The summed E-state index contributed by atoms with van der Waals surface area (Å²) in [6.07, 6.45) is 0. The topological polar surface area (TPSA) is 49.8 Å². The van der Waals surface area contributed by atoms with E-state index in [-0.39, 0.29) is 0 Å². The molecule has 2 N–H and O–H groups in total. The number of anilines is 3. The summed E-state index contributed by atoms with van der Waals surface area (Å²) < 4.78 is 1.05. The van der Waals surface area contributed by atoms with Crippen LogP contribution in [0.3, 0.4) is 0 Å². The Bertz CT molecular complexity index is 510. The summed E-state index contributed by atoms with van der Waals surface area (Å²) in [5.74, 6) is 1.40. The number of hydrogen-bond acceptors (Lipinski definition) is 4. The average Bonchev–Trinajstić information content (AvgIpc) is 2.31. The number of aryl methyl sites for hydroxylation is 1. The lowest BCUT2D eigenvalue weighted by atomic mass is 10.3. The van der Waals surface area contributed by atoms with Gasteiger partial charge in [-0.1, -0.05) is 15.9 Å². The van der Waals surface area contributed by atoms with Gasteiger partial charge in [-0.05, 0) is 31.2 Å². The van der Waals surface area contributed by atoms with Crippen molar-refractivity contribution in [2.75, 3.05) is 17.7 Å². The Morgan fingerprint density at radius 3 is 2.47 bits per heavy atom. The van der Waals surface area contributed by atoms with Crippen LogP contribution in [-0.2, 0) is 0 Å². The Morgan fingerprint density at radius 2 is 1.82 bits per heavy atom. The minimum atomic E-state index is 0.615. The van der Waals surface area contributed by atoms with Crippen LogP contribution in [0.15, 0.2) is 34.8 Å². The maximum absolute atomic E-state index is 4.32. The van der Waals surface area contributed by atoms with Crippen molar-refractivity contribution in [1.82, 2.24) is 9.97 Å². The first kappa shape index (κ1) is 11.9. The van der Waals surface area contributed by atoms with E-state index in [9.17, 15) is 0 Å². The van der Waals surface area contributed by atoms with Crippen molar-refractivity contribution >= 4 is 33.4 Å². The minimum Gasteiger partial charge on any atom is -0.357 e. The van der Waals surface area contributed by atoms with Crippen LogP contribution in [0, 0.1) is 6.92 Å². The summed E-state index contributed by atoms with van der Waals surface area (Å²) in [6.45, 7) is 1.94. The van der Waals surface area contributed by atoms with Gasteiger partial charge in [0.05, 0.1) is 0 Å². The normalized spacial score (nSPS) is 10.1. The highest BCUT2D eigenvalue weighted by Gasteiger charge is 2.01. The van der Waals surface area contributed by atoms with Crippen molar-refractivity contribution in [2.24, 2.45) is 0 Å². The van der Waals surface area contributed by atoms with Gasteiger partial charge in [-0.2, -0.15) is 4.98 Å². The molecule has 0 atom stereocenters. The molecule has 1 heterocycles. The maximum atomic E-state index is 4.32. The third kappa shape index (κ3) is 3.17. The summed E-state index contributed by atoms with van der Waals surface area (Å²) in [7, 11) is 1.80. The molecule has 0 aliphatic heterocycles. The average molecular weight is 293 g/mol. The zero-order valence-electron chi connectivity index (χ0n) is 9.66. The number of halogens is 1. The Morgan fingerprint density at radius 1 is 1.12 bits per heavy atom. The summed E-state index contributed by atoms with van der Waals surface area (Å²) in [5, 5.41) is 6.17. The van der Waals surface area contributed by atoms with Crippen molar-refractivity contribution in [1.29, 1.82) is 0 Å². The number of aromatic nitrogens is 2. The van der Waals surface area contributed by atoms with Crippen LogP contribution >= 0.6 is 15.9 Å². The molecule has 0 aliphatic rings. The van der Waals surface area contributed by atoms with Gasteiger partial charge in [0, 0.05) is 29.0 Å². The number of rotatable bonds is 3. The molecular weight excluding hydrogens is 280 g/mol. The van der Waals surface area contributed by atoms with Crippen molar-refractivity contribution in [2.45, 2.75) is 6.92 Å². The zero-order chi connectivity index (χ0) is 12.3. The summed E-state index contributed by atoms with van der Waals surface area (Å²) in [6, 6.07) is 9.84. The predicted octanol–water partition coefficient (Wildman–Crippen LogP) is 3.33. The zero-order valence-corrected chi connectivity index (χ0v) is 11.2. The number of hydrogen-bond donors (Lipinski definition) is 2. The fourth-order valence-electron chi connectivity index (χ4n) is 1.43. The molecule has 0 radical (unpaired) electrons. The van der Waals surface area contributed by atoms with Crippen LogP contribution in [0.4, 0.5) is 17.5 Å². The lowest BCUT2D eigenvalue weighted by Gasteiger charge is -2.08. The van der Waals surface area contributed by atoms with Gasteiger partial charge in [0.25, 0.3) is 0 Å². The largest absolute Gasteiger partial charge is 0.357 e. The molecule has 0 unspecified atom stereocenters. The number of benzene rings is 1. The molecular formula is C12H13BrN4. The Labute approximate surface area is 109 Å². The molecule has 2 aromatic rings. The highest BCUT2D eigenvalue weighted by atomic mass is 79.9. The lowest BCUT2D eigenvalue weighted by molar-refractivity contribution is 1.10. The third-order valence-electron chi connectivity index (χ3n) is 2.19. The summed E-state index contributed by atoms with van der Waals surface area (Å²) >= 11 is 3.40. The van der Waals surface area contributed by atoms with E-state index in [0.29, 0.717) is 5.95 Å². The molecule has 0 spiro atoms. The lowest BCUT2D eigenvalue weighted by Crippen LogP contribution is -2.01. The monoisotopic (exact) mass is 292 g/mol. The van der Waals surface area contributed by atoms with Gasteiger partial charge in [-0.3, -0.25) is 0 Å². The highest BCUT2D eigenvalue weighted by molar-refractivity contribution is 9.10. The van der Waals surface area contributed by atoms with Crippen molar-refractivity contribution in [3.63, 3.8) is 0 Å². The van der Waals surface area contributed by atoms with Crippen LogP contribution in [0.1, 0.15) is 5.69 Å². The van der Waals surface area contributed by atoms with Crippen LogP contribution in [0.5, 0.6) is 0 Å². The van der Waals surface area contributed by atoms with E-state index in [1.807, 2.05) is 37.3 Å². The second-order valence-corrected chi connectivity index (χ2v) is 4.52. The van der Waals surface area contributed by atoms with Crippen molar-refractivity contribution in [3.05, 3.63) is 40.5 Å². The highest BCUT2D eigenvalue weighted by Crippen LogP contribution is 2.19. The van der Waals surface area contributed by atoms with Gasteiger partial charge in [-0.15, -0.1) is 0 Å². The van der Waals surface area contributed by atoms with Gasteiger partial charge in [0.1, 0.15) is 5.82 Å². The predicted molar refractivity (Wildman–Crippen MR) is 73.7 cm³/mol. The molecule has 4 nitrogen and oxygen atoms in total. The molecule has 17 heavy (non-hydrogen) atoms. The van der Waals surface area contributed by atoms with Crippen molar-refractivity contribution < 1.29 is 0 Å². The van der Waals surface area contributed by atoms with Gasteiger partial charge >= 0.3 is 0 Å². The van der Waals surface area contributed by atoms with Gasteiger partial charge in [0.15, 0.2) is 0 Å². The van der Waals surface area contributed by atoms with Crippen LogP contribution < -0.4 is 10.6 Å². The van der Waals surface area contributed by atoms with E-state index in [4.69, 9.17) is 0 Å². The maximum Gasteiger partial charge on any atom is 0.224 e. The molecule has 0 saturated carbocycles. The van der Waals surface area contributed by atoms with E-state index in [1.54, 1.807) is 7.05 Å². The first-order chi connectivity index (χ1) is 8.17. The van der Waals surface area contributed by atoms with Crippen LogP contribution in [0.2, 0.25) is 0 Å². The van der Waals surface area contributed by atoms with E-state index in [0.717, 1.165) is 21.7 Å². The Hall–Kier alpha value is -1.62. The van der Waals surface area contributed by atoms with E-state index in [1.165, 1.54) is 0 Å². The fraction of sp³-hybridized carbons (Fsp3) is 0.167. The van der Waals surface area contributed by atoms with Crippen molar-refractivity contribution in [3.8, 4) is 0 Å². The standard InChI is InChI=1S/C12H13BrN4/c1-8-7-11(17-12(14-2)15-8)16-10-5-3-9(13)4-6-10/h3-7H,1-2H3,(H2,14,15,16,17). The molecule has 0 bridgehead atoms.